The maximum absolute atomic E-state index is 11.9. The van der Waals surface area contributed by atoms with Crippen molar-refractivity contribution in [1.29, 1.82) is 0 Å². The highest BCUT2D eigenvalue weighted by molar-refractivity contribution is 6.03. The summed E-state index contributed by atoms with van der Waals surface area (Å²) in [6, 6.07) is 7.29. The third kappa shape index (κ3) is 4.41. The van der Waals surface area contributed by atoms with Gasteiger partial charge in [-0.1, -0.05) is 21.3 Å². The molecule has 35 heavy (non-hydrogen) atoms. The fourth-order valence-electron chi connectivity index (χ4n) is 4.73. The van der Waals surface area contributed by atoms with Gasteiger partial charge in [0.15, 0.2) is 5.78 Å². The van der Waals surface area contributed by atoms with Crippen molar-refractivity contribution < 1.29 is 9.90 Å². The van der Waals surface area contributed by atoms with Crippen LogP contribution in [0.3, 0.4) is 0 Å². The van der Waals surface area contributed by atoms with Gasteiger partial charge >= 0.3 is 0 Å². The van der Waals surface area contributed by atoms with Crippen LogP contribution in [0.4, 0.5) is 0 Å². The van der Waals surface area contributed by atoms with Gasteiger partial charge in [-0.05, 0) is 60.2 Å². The van der Waals surface area contributed by atoms with Gasteiger partial charge in [0, 0.05) is 24.8 Å². The van der Waals surface area contributed by atoms with E-state index in [0.29, 0.717) is 52.8 Å². The summed E-state index contributed by atoms with van der Waals surface area (Å²) >= 11 is 0. The van der Waals surface area contributed by atoms with Gasteiger partial charge in [0.2, 0.25) is 0 Å². The number of nitrogens with zero attached hydrogens (tertiary/aromatic N) is 2. The van der Waals surface area contributed by atoms with E-state index in [4.69, 9.17) is 0 Å². The molecule has 182 valence electrons. The zero-order chi connectivity index (χ0) is 24.0. The number of Topliss-reactive ketones (excluding diaryl/α,β-unsaturated/α-hetero) is 1. The molecule has 2 aromatic heterocycles. The summed E-state index contributed by atoms with van der Waals surface area (Å²) in [6.45, 7) is 3.90. The van der Waals surface area contributed by atoms with Crippen molar-refractivity contribution >= 4 is 27.6 Å². The molecule has 8 heteroatoms. The molecule has 0 saturated carbocycles. The number of aromatic nitrogens is 4. The lowest BCUT2D eigenvalue weighted by atomic mass is 10.1. The third-order valence-corrected chi connectivity index (χ3v) is 6.63. The largest absolute Gasteiger partial charge is 0.388 e. The molecule has 6 rings (SSSR count). The maximum Gasteiger partial charge on any atom is 0.258 e. The van der Waals surface area contributed by atoms with Gasteiger partial charge in [0.1, 0.15) is 11.6 Å². The molecule has 0 radical (unpaired) electrons. The molecule has 0 saturated heterocycles. The number of aliphatic hydroxyl groups is 1. The van der Waals surface area contributed by atoms with E-state index in [9.17, 15) is 19.5 Å². The predicted molar refractivity (Wildman–Crippen MR) is 136 cm³/mol. The molecule has 0 bridgehead atoms. The predicted octanol–water partition coefficient (Wildman–Crippen LogP) is 3.72. The number of carbonyl (C=O) groups excluding carboxylic acids is 1. The summed E-state index contributed by atoms with van der Waals surface area (Å²) in [5, 5.41) is 10.9. The van der Waals surface area contributed by atoms with E-state index in [1.54, 1.807) is 12.1 Å². The number of H-pyrrole nitrogens is 2. The number of rotatable bonds is 2. The smallest absolute Gasteiger partial charge is 0.258 e. The second kappa shape index (κ2) is 9.54. The van der Waals surface area contributed by atoms with Gasteiger partial charge in [-0.3, -0.25) is 14.4 Å². The molecule has 1 atom stereocenters. The van der Waals surface area contributed by atoms with Gasteiger partial charge < -0.3 is 15.1 Å². The van der Waals surface area contributed by atoms with E-state index in [2.05, 4.69) is 19.9 Å². The number of aryl methyl sites for hydroxylation is 4. The Morgan fingerprint density at radius 1 is 0.829 bits per heavy atom. The summed E-state index contributed by atoms with van der Waals surface area (Å²) in [6.07, 6.45) is 3.89. The molecular weight excluding hydrogens is 444 g/mol. The summed E-state index contributed by atoms with van der Waals surface area (Å²) in [5.74, 6) is 1.52. The Hall–Kier alpha value is -3.65. The SMILES string of the molecule is C.CCc1nc2cc3c(cc2c(=O)[nH]1)C(=O)CC3.CCc1nc2cc3c(cc2c(=O)[nH]1)[C@H](O)CC3. The van der Waals surface area contributed by atoms with Crippen LogP contribution in [0, 0.1) is 0 Å². The molecular formula is C27H30N4O4. The molecule has 0 spiro atoms. The summed E-state index contributed by atoms with van der Waals surface area (Å²) in [5.41, 5.74) is 4.86. The topological polar surface area (TPSA) is 129 Å². The molecule has 0 fully saturated rings. The second-order valence-corrected chi connectivity index (χ2v) is 8.80. The molecule has 2 aromatic carbocycles. The molecule has 3 N–H and O–H groups in total. The van der Waals surface area contributed by atoms with E-state index < -0.39 is 6.10 Å². The number of nitrogens with one attached hydrogen (secondary N) is 2. The van der Waals surface area contributed by atoms with Crippen LogP contribution in [0.2, 0.25) is 0 Å². The highest BCUT2D eigenvalue weighted by Gasteiger charge is 2.22. The molecule has 0 unspecified atom stereocenters. The van der Waals surface area contributed by atoms with Crippen LogP contribution in [0.25, 0.3) is 21.8 Å². The summed E-state index contributed by atoms with van der Waals surface area (Å²) in [4.78, 5) is 49.7. The highest BCUT2D eigenvalue weighted by atomic mass is 16.3. The molecule has 4 aromatic rings. The third-order valence-electron chi connectivity index (χ3n) is 6.63. The number of ketones is 1. The molecule has 2 heterocycles. The maximum atomic E-state index is 11.9. The quantitative estimate of drug-likeness (QED) is 0.406. The Bertz CT molecular complexity index is 1570. The van der Waals surface area contributed by atoms with Gasteiger partial charge in [-0.2, -0.15) is 0 Å². The summed E-state index contributed by atoms with van der Waals surface area (Å²) in [7, 11) is 0. The van der Waals surface area contributed by atoms with E-state index in [-0.39, 0.29) is 24.3 Å². The van der Waals surface area contributed by atoms with Crippen LogP contribution in [0.1, 0.15) is 78.9 Å². The highest BCUT2D eigenvalue weighted by Crippen LogP contribution is 2.32. The van der Waals surface area contributed by atoms with E-state index in [0.717, 1.165) is 41.5 Å². The van der Waals surface area contributed by atoms with E-state index in [1.807, 2.05) is 26.0 Å². The van der Waals surface area contributed by atoms with Crippen molar-refractivity contribution in [3.8, 4) is 0 Å². The number of hydrogen-bond donors (Lipinski definition) is 3. The van der Waals surface area contributed by atoms with Crippen molar-refractivity contribution in [3.05, 3.63) is 78.9 Å². The fourth-order valence-corrected chi connectivity index (χ4v) is 4.73. The average Bonchev–Trinajstić information content (AvgIpc) is 3.38. The zero-order valence-corrected chi connectivity index (χ0v) is 19.2. The van der Waals surface area contributed by atoms with E-state index >= 15 is 0 Å². The van der Waals surface area contributed by atoms with Crippen LogP contribution in [-0.2, 0) is 25.7 Å². The number of fused-ring (bicyclic) bond motifs is 4. The van der Waals surface area contributed by atoms with Gasteiger partial charge in [-0.15, -0.1) is 0 Å². The Balaban J connectivity index is 0.000000160. The Labute approximate surface area is 202 Å². The van der Waals surface area contributed by atoms with Crippen molar-refractivity contribution in [1.82, 2.24) is 19.9 Å². The monoisotopic (exact) mass is 474 g/mol. The lowest BCUT2D eigenvalue weighted by Gasteiger charge is -2.06. The van der Waals surface area contributed by atoms with Gasteiger partial charge in [0.25, 0.3) is 11.1 Å². The molecule has 2 aliphatic carbocycles. The first kappa shape index (κ1) is 24.5. The van der Waals surface area contributed by atoms with Crippen molar-refractivity contribution in [2.45, 2.75) is 65.9 Å². The van der Waals surface area contributed by atoms with Gasteiger partial charge in [-0.25, -0.2) is 9.97 Å². The van der Waals surface area contributed by atoms with Gasteiger partial charge in [0.05, 0.1) is 27.9 Å². The average molecular weight is 475 g/mol. The number of aromatic amines is 2. The van der Waals surface area contributed by atoms with Crippen LogP contribution in [0.15, 0.2) is 33.9 Å². The zero-order valence-electron chi connectivity index (χ0n) is 19.2. The van der Waals surface area contributed by atoms with Crippen LogP contribution in [0.5, 0.6) is 0 Å². The lowest BCUT2D eigenvalue weighted by molar-refractivity contribution is 0.0994. The van der Waals surface area contributed by atoms with Crippen molar-refractivity contribution in [2.24, 2.45) is 0 Å². The van der Waals surface area contributed by atoms with Crippen LogP contribution < -0.4 is 11.1 Å². The van der Waals surface area contributed by atoms with Crippen LogP contribution in [-0.4, -0.2) is 30.8 Å². The Morgan fingerprint density at radius 3 is 2.00 bits per heavy atom. The molecule has 8 nitrogen and oxygen atoms in total. The Kier molecular flexibility index (Phi) is 6.67. The number of benzene rings is 2. The first-order valence-electron chi connectivity index (χ1n) is 11.7. The molecule has 0 amide bonds. The number of carbonyl (C=O) groups is 1. The minimum Gasteiger partial charge on any atom is -0.388 e. The molecule has 2 aliphatic rings. The Morgan fingerprint density at radius 2 is 1.40 bits per heavy atom. The first-order valence-corrected chi connectivity index (χ1v) is 11.7. The number of aliphatic hydroxyl groups excluding tert-OH is 1. The first-order chi connectivity index (χ1) is 16.4. The normalized spacial score (nSPS) is 16.0. The lowest BCUT2D eigenvalue weighted by Crippen LogP contribution is -2.12. The second-order valence-electron chi connectivity index (χ2n) is 8.80. The standard InChI is InChI=1S/C13H14N2O2.C13H12N2O2.CH4/c2*1-2-12-14-10-5-7-3-4-11(16)8(7)6-9(10)13(17)15-12;/h5-6,11,16H,2-4H2,1H3,(H,14,15,17);5-6H,2-4H2,1H3,(H,14,15,17);1H4/t11-;;/m1../s1. The summed E-state index contributed by atoms with van der Waals surface area (Å²) < 4.78 is 0. The van der Waals surface area contributed by atoms with Crippen LogP contribution >= 0.6 is 0 Å². The number of hydrogen-bond acceptors (Lipinski definition) is 6. The molecule has 0 aliphatic heterocycles. The fraction of sp³-hybridized carbons (Fsp3) is 0.370. The minimum atomic E-state index is -0.431. The van der Waals surface area contributed by atoms with Crippen molar-refractivity contribution in [3.63, 3.8) is 0 Å². The minimum absolute atomic E-state index is 0. The van der Waals surface area contributed by atoms with E-state index in [1.165, 1.54) is 0 Å². The van der Waals surface area contributed by atoms with Crippen molar-refractivity contribution in [2.75, 3.05) is 0 Å².